The molecular weight excluding hydrogens is 254 g/mol. The van der Waals surface area contributed by atoms with E-state index in [2.05, 4.69) is 35.8 Å². The number of hydrogen-bond donors (Lipinski definition) is 1. The minimum Gasteiger partial charge on any atom is -0.383 e. The van der Waals surface area contributed by atoms with Gasteiger partial charge in [-0.05, 0) is 25.2 Å². The smallest absolute Gasteiger partial charge is 0.254 e. The molecule has 0 aliphatic heterocycles. The van der Waals surface area contributed by atoms with Crippen molar-refractivity contribution in [1.29, 1.82) is 0 Å². The molecule has 110 valence electrons. The van der Waals surface area contributed by atoms with Crippen molar-refractivity contribution in [1.82, 2.24) is 19.6 Å². The van der Waals surface area contributed by atoms with Crippen LogP contribution in [-0.4, -0.2) is 32.8 Å². The first-order chi connectivity index (χ1) is 9.38. The second-order valence-electron chi connectivity index (χ2n) is 6.25. The van der Waals surface area contributed by atoms with Crippen molar-refractivity contribution in [3.63, 3.8) is 0 Å². The molecule has 2 aromatic heterocycles. The van der Waals surface area contributed by atoms with Crippen LogP contribution in [0.4, 0.5) is 5.82 Å². The Kier molecular flexibility index (Phi) is 4.23. The highest BCUT2D eigenvalue weighted by atomic mass is 16.5. The molecule has 0 aromatic carbocycles. The van der Waals surface area contributed by atoms with E-state index in [1.54, 1.807) is 4.52 Å². The fourth-order valence-electron chi connectivity index (χ4n) is 2.05. The second-order valence-corrected chi connectivity index (χ2v) is 6.25. The molecule has 0 bridgehead atoms. The molecule has 0 aliphatic carbocycles. The molecule has 2 rings (SSSR count). The van der Waals surface area contributed by atoms with Crippen LogP contribution >= 0.6 is 0 Å². The van der Waals surface area contributed by atoms with Crippen LogP contribution in [0.3, 0.4) is 0 Å². The number of nitrogens with zero attached hydrogens (tertiary/aromatic N) is 4. The molecule has 0 atom stereocenters. The molecule has 20 heavy (non-hydrogen) atoms. The van der Waals surface area contributed by atoms with Gasteiger partial charge < -0.3 is 10.5 Å². The molecule has 0 aliphatic rings. The van der Waals surface area contributed by atoms with Gasteiger partial charge in [0.25, 0.3) is 5.78 Å². The lowest BCUT2D eigenvalue weighted by Gasteiger charge is -2.18. The molecule has 2 heterocycles. The van der Waals surface area contributed by atoms with Crippen molar-refractivity contribution in [2.75, 3.05) is 18.9 Å². The van der Waals surface area contributed by atoms with Gasteiger partial charge in [-0.25, -0.2) is 4.98 Å². The van der Waals surface area contributed by atoms with Gasteiger partial charge in [0.15, 0.2) is 0 Å². The average molecular weight is 277 g/mol. The normalized spacial score (nSPS) is 12.2. The summed E-state index contributed by atoms with van der Waals surface area (Å²) in [6.45, 7) is 9.94. The molecule has 0 unspecified atom stereocenters. The third kappa shape index (κ3) is 3.45. The first-order valence-corrected chi connectivity index (χ1v) is 6.91. The van der Waals surface area contributed by atoms with Crippen molar-refractivity contribution in [3.05, 3.63) is 17.6 Å². The number of nitrogen functional groups attached to an aromatic ring is 1. The first kappa shape index (κ1) is 14.7. The zero-order valence-corrected chi connectivity index (χ0v) is 12.7. The SMILES string of the molecule is Cc1nc2ncnn2c(N)c1CCCOCC(C)(C)C. The molecule has 0 spiro atoms. The van der Waals surface area contributed by atoms with Crippen LogP contribution in [0.1, 0.15) is 38.4 Å². The third-order valence-corrected chi connectivity index (χ3v) is 3.02. The Morgan fingerprint density at radius 2 is 2.10 bits per heavy atom. The monoisotopic (exact) mass is 277 g/mol. The highest BCUT2D eigenvalue weighted by Crippen LogP contribution is 2.18. The van der Waals surface area contributed by atoms with Gasteiger partial charge in [0, 0.05) is 17.9 Å². The first-order valence-electron chi connectivity index (χ1n) is 6.91. The number of hydrogen-bond acceptors (Lipinski definition) is 5. The Morgan fingerprint density at radius 3 is 2.80 bits per heavy atom. The van der Waals surface area contributed by atoms with Crippen LogP contribution in [0.5, 0.6) is 0 Å². The molecule has 2 N–H and O–H groups in total. The quantitative estimate of drug-likeness (QED) is 0.846. The van der Waals surface area contributed by atoms with Crippen molar-refractivity contribution in [3.8, 4) is 0 Å². The summed E-state index contributed by atoms with van der Waals surface area (Å²) in [7, 11) is 0. The maximum Gasteiger partial charge on any atom is 0.254 e. The third-order valence-electron chi connectivity index (χ3n) is 3.02. The summed E-state index contributed by atoms with van der Waals surface area (Å²) < 4.78 is 7.26. The summed E-state index contributed by atoms with van der Waals surface area (Å²) in [5, 5.41) is 4.08. The topological polar surface area (TPSA) is 78.3 Å². The number of fused-ring (bicyclic) bond motifs is 1. The molecule has 2 aromatic rings. The Morgan fingerprint density at radius 1 is 1.35 bits per heavy atom. The Bertz CT molecular complexity index is 585. The maximum atomic E-state index is 6.13. The summed E-state index contributed by atoms with van der Waals surface area (Å²) in [5.74, 6) is 1.17. The van der Waals surface area contributed by atoms with Gasteiger partial charge in [0.1, 0.15) is 12.1 Å². The van der Waals surface area contributed by atoms with Crippen molar-refractivity contribution in [2.45, 2.75) is 40.5 Å². The largest absolute Gasteiger partial charge is 0.383 e. The van der Waals surface area contributed by atoms with Crippen molar-refractivity contribution < 1.29 is 4.74 Å². The van der Waals surface area contributed by atoms with Gasteiger partial charge in [0.2, 0.25) is 0 Å². The maximum absolute atomic E-state index is 6.13. The predicted molar refractivity (Wildman–Crippen MR) is 78.5 cm³/mol. The van der Waals surface area contributed by atoms with Crippen LogP contribution in [0.2, 0.25) is 0 Å². The summed E-state index contributed by atoms with van der Waals surface area (Å²) in [6.07, 6.45) is 3.22. The molecule has 0 radical (unpaired) electrons. The Labute approximate surface area is 119 Å². The van der Waals surface area contributed by atoms with E-state index in [1.165, 1.54) is 6.33 Å². The summed E-state index contributed by atoms with van der Waals surface area (Å²) in [6, 6.07) is 0. The number of ether oxygens (including phenoxy) is 1. The van der Waals surface area contributed by atoms with Crippen molar-refractivity contribution >= 4 is 11.6 Å². The Balaban J connectivity index is 1.96. The Hall–Kier alpha value is -1.69. The van der Waals surface area contributed by atoms with E-state index >= 15 is 0 Å². The minimum atomic E-state index is 0.205. The molecule has 6 nitrogen and oxygen atoms in total. The highest BCUT2D eigenvalue weighted by molar-refractivity contribution is 5.49. The predicted octanol–water partition coefficient (Wildman–Crippen LogP) is 2.01. The van der Waals surface area contributed by atoms with E-state index in [0.29, 0.717) is 11.6 Å². The van der Waals surface area contributed by atoms with Gasteiger partial charge in [0.05, 0.1) is 6.61 Å². The fraction of sp³-hybridized carbons (Fsp3) is 0.643. The highest BCUT2D eigenvalue weighted by Gasteiger charge is 2.12. The summed E-state index contributed by atoms with van der Waals surface area (Å²) >= 11 is 0. The summed E-state index contributed by atoms with van der Waals surface area (Å²) in [5.41, 5.74) is 8.28. The molecule has 6 heteroatoms. The van der Waals surface area contributed by atoms with Gasteiger partial charge >= 0.3 is 0 Å². The van der Waals surface area contributed by atoms with Crippen LogP contribution in [0.15, 0.2) is 6.33 Å². The van der Waals surface area contributed by atoms with E-state index in [9.17, 15) is 0 Å². The molecule has 0 fully saturated rings. The second kappa shape index (κ2) is 5.75. The lowest BCUT2D eigenvalue weighted by Crippen LogP contribution is -2.15. The average Bonchev–Trinajstić information content (AvgIpc) is 2.79. The molecular formula is C14H23N5O. The van der Waals surface area contributed by atoms with Gasteiger partial charge in [-0.2, -0.15) is 14.6 Å². The molecule has 0 saturated heterocycles. The zero-order valence-electron chi connectivity index (χ0n) is 12.7. The number of aromatic nitrogens is 4. The van der Waals surface area contributed by atoms with E-state index in [0.717, 1.165) is 37.3 Å². The standard InChI is InChI=1S/C14H23N5O/c1-10-11(6-5-7-20-8-14(2,3)4)12(15)19-13(18-10)16-9-17-19/h9H,5-8,15H2,1-4H3. The molecule has 0 saturated carbocycles. The zero-order chi connectivity index (χ0) is 14.8. The lowest BCUT2D eigenvalue weighted by molar-refractivity contribution is 0.0698. The van der Waals surface area contributed by atoms with E-state index in [1.807, 2.05) is 6.92 Å². The van der Waals surface area contributed by atoms with Crippen LogP contribution in [0, 0.1) is 12.3 Å². The van der Waals surface area contributed by atoms with E-state index in [4.69, 9.17) is 10.5 Å². The van der Waals surface area contributed by atoms with E-state index in [-0.39, 0.29) is 5.41 Å². The van der Waals surface area contributed by atoms with Gasteiger partial charge in [-0.1, -0.05) is 20.8 Å². The van der Waals surface area contributed by atoms with Gasteiger partial charge in [-0.3, -0.25) is 0 Å². The van der Waals surface area contributed by atoms with Crippen LogP contribution < -0.4 is 5.73 Å². The number of aryl methyl sites for hydroxylation is 1. The van der Waals surface area contributed by atoms with E-state index < -0.39 is 0 Å². The van der Waals surface area contributed by atoms with Crippen LogP contribution in [0.25, 0.3) is 5.78 Å². The van der Waals surface area contributed by atoms with Crippen molar-refractivity contribution in [2.24, 2.45) is 5.41 Å². The lowest BCUT2D eigenvalue weighted by atomic mass is 9.99. The molecule has 0 amide bonds. The fourth-order valence-corrected chi connectivity index (χ4v) is 2.05. The van der Waals surface area contributed by atoms with Crippen LogP contribution in [-0.2, 0) is 11.2 Å². The number of nitrogens with two attached hydrogens (primary N) is 1. The summed E-state index contributed by atoms with van der Waals surface area (Å²) in [4.78, 5) is 8.46. The minimum absolute atomic E-state index is 0.205. The number of rotatable bonds is 5. The number of anilines is 1. The van der Waals surface area contributed by atoms with Gasteiger partial charge in [-0.15, -0.1) is 0 Å².